The molecule has 0 radical (unpaired) electrons. The van der Waals surface area contributed by atoms with Crippen molar-refractivity contribution in [1.82, 2.24) is 0 Å². The molecule has 0 amide bonds. The highest BCUT2D eigenvalue weighted by molar-refractivity contribution is 9.10. The topological polar surface area (TPSA) is 50.1 Å². The van der Waals surface area contributed by atoms with Gasteiger partial charge in [-0.3, -0.25) is 4.79 Å². The lowest BCUT2D eigenvalue weighted by molar-refractivity contribution is 0.0818. The zero-order valence-electron chi connectivity index (χ0n) is 10.8. The number of carbonyl (C=O) groups excluding carboxylic acids is 1. The minimum Gasteiger partial charge on any atom is -0.483 e. The summed E-state index contributed by atoms with van der Waals surface area (Å²) >= 11 is 3.33. The smallest absolute Gasteiger partial charge is 0.202 e. The maximum absolute atomic E-state index is 12.2. The van der Waals surface area contributed by atoms with E-state index in [4.69, 9.17) is 10.00 Å². The minimum absolute atomic E-state index is 0.0816. The Morgan fingerprint density at radius 3 is 2.30 bits per heavy atom. The molecule has 0 aliphatic carbocycles. The van der Waals surface area contributed by atoms with E-state index in [1.807, 2.05) is 18.2 Å². The van der Waals surface area contributed by atoms with Crippen LogP contribution in [0.3, 0.4) is 0 Å². The molecule has 0 aliphatic rings. The van der Waals surface area contributed by atoms with E-state index in [0.717, 1.165) is 4.47 Å². The van der Waals surface area contributed by atoms with Crippen LogP contribution < -0.4 is 4.74 Å². The summed E-state index contributed by atoms with van der Waals surface area (Å²) in [4.78, 5) is 12.2. The van der Waals surface area contributed by atoms with Gasteiger partial charge < -0.3 is 4.74 Å². The monoisotopic (exact) mass is 329 g/mol. The first-order chi connectivity index (χ1) is 9.60. The molecule has 1 unspecified atom stereocenters. The van der Waals surface area contributed by atoms with E-state index in [1.54, 1.807) is 43.3 Å². The largest absolute Gasteiger partial charge is 0.483 e. The Balaban J connectivity index is 2.07. The van der Waals surface area contributed by atoms with Crippen molar-refractivity contribution in [2.45, 2.75) is 13.0 Å². The number of nitrogens with zero attached hydrogens (tertiary/aromatic N) is 1. The Kier molecular flexibility index (Phi) is 4.54. The fourth-order valence-corrected chi connectivity index (χ4v) is 1.98. The predicted molar refractivity (Wildman–Crippen MR) is 79.7 cm³/mol. The first-order valence-electron chi connectivity index (χ1n) is 6.07. The van der Waals surface area contributed by atoms with Crippen LogP contribution in [-0.4, -0.2) is 11.9 Å². The van der Waals surface area contributed by atoms with Gasteiger partial charge >= 0.3 is 0 Å². The molecule has 1 atom stereocenters. The normalized spacial score (nSPS) is 11.4. The van der Waals surface area contributed by atoms with Crippen molar-refractivity contribution in [3.8, 4) is 11.8 Å². The van der Waals surface area contributed by atoms with E-state index in [2.05, 4.69) is 15.9 Å². The third-order valence-electron chi connectivity index (χ3n) is 2.79. The summed E-state index contributed by atoms with van der Waals surface area (Å²) in [7, 11) is 0. The summed E-state index contributed by atoms with van der Waals surface area (Å²) in [6.07, 6.45) is -0.580. The van der Waals surface area contributed by atoms with Crippen LogP contribution in [0.2, 0.25) is 0 Å². The number of nitriles is 1. The summed E-state index contributed by atoms with van der Waals surface area (Å²) in [5.41, 5.74) is 1.17. The lowest BCUT2D eigenvalue weighted by atomic mass is 10.1. The highest BCUT2D eigenvalue weighted by Crippen LogP contribution is 2.17. The molecule has 100 valence electrons. The molecule has 0 aromatic heterocycles. The Hall–Kier alpha value is -2.12. The summed E-state index contributed by atoms with van der Waals surface area (Å²) in [5, 5.41) is 8.72. The molecule has 0 bridgehead atoms. The van der Waals surface area contributed by atoms with Gasteiger partial charge in [0.05, 0.1) is 11.6 Å². The quantitative estimate of drug-likeness (QED) is 0.797. The number of ketones is 1. The maximum Gasteiger partial charge on any atom is 0.202 e. The van der Waals surface area contributed by atoms with E-state index in [-0.39, 0.29) is 5.78 Å². The third kappa shape index (κ3) is 3.46. The lowest BCUT2D eigenvalue weighted by Crippen LogP contribution is -2.23. The second kappa shape index (κ2) is 6.36. The summed E-state index contributed by atoms with van der Waals surface area (Å²) in [5.74, 6) is 0.490. The molecule has 3 nitrogen and oxygen atoms in total. The molecule has 0 aliphatic heterocycles. The van der Waals surface area contributed by atoms with Crippen LogP contribution >= 0.6 is 15.9 Å². The number of hydrogen-bond donors (Lipinski definition) is 0. The SMILES string of the molecule is CC(Oc1ccc(C#N)cc1)C(=O)c1ccc(Br)cc1. The first kappa shape index (κ1) is 14.3. The number of ether oxygens (including phenoxy) is 1. The van der Waals surface area contributed by atoms with Gasteiger partial charge in [0.1, 0.15) is 5.75 Å². The predicted octanol–water partition coefficient (Wildman–Crippen LogP) is 3.97. The number of benzene rings is 2. The molecule has 2 aromatic carbocycles. The zero-order chi connectivity index (χ0) is 14.5. The summed E-state index contributed by atoms with van der Waals surface area (Å²) in [6, 6.07) is 15.9. The van der Waals surface area contributed by atoms with Crippen molar-refractivity contribution in [3.05, 3.63) is 64.1 Å². The van der Waals surface area contributed by atoms with Gasteiger partial charge in [-0.2, -0.15) is 5.26 Å². The van der Waals surface area contributed by atoms with Crippen molar-refractivity contribution in [2.75, 3.05) is 0 Å². The molecular formula is C16H12BrNO2. The summed E-state index contributed by atoms with van der Waals surface area (Å²) < 4.78 is 6.52. The number of rotatable bonds is 4. The van der Waals surface area contributed by atoms with E-state index in [0.29, 0.717) is 16.9 Å². The number of carbonyl (C=O) groups is 1. The van der Waals surface area contributed by atoms with Gasteiger partial charge in [0.25, 0.3) is 0 Å². The standard InChI is InChI=1S/C16H12BrNO2/c1-11(16(19)13-4-6-14(17)7-5-13)20-15-8-2-12(10-18)3-9-15/h2-9,11H,1H3. The van der Waals surface area contributed by atoms with Crippen LogP contribution in [0.5, 0.6) is 5.75 Å². The van der Waals surface area contributed by atoms with Crippen LogP contribution in [0.4, 0.5) is 0 Å². The van der Waals surface area contributed by atoms with Crippen molar-refractivity contribution in [2.24, 2.45) is 0 Å². The molecule has 20 heavy (non-hydrogen) atoms. The Morgan fingerprint density at radius 2 is 1.75 bits per heavy atom. The molecule has 0 N–H and O–H groups in total. The second-order valence-corrected chi connectivity index (χ2v) is 5.18. The van der Waals surface area contributed by atoms with Gasteiger partial charge in [-0.25, -0.2) is 0 Å². The zero-order valence-corrected chi connectivity index (χ0v) is 12.4. The molecule has 0 heterocycles. The van der Waals surface area contributed by atoms with Gasteiger partial charge in [0.2, 0.25) is 5.78 Å². The molecule has 0 fully saturated rings. The Labute approximate surface area is 125 Å². The van der Waals surface area contributed by atoms with E-state index >= 15 is 0 Å². The van der Waals surface area contributed by atoms with Crippen LogP contribution in [0.25, 0.3) is 0 Å². The third-order valence-corrected chi connectivity index (χ3v) is 3.32. The molecule has 2 rings (SSSR count). The molecule has 0 saturated carbocycles. The molecule has 4 heteroatoms. The van der Waals surface area contributed by atoms with Crippen molar-refractivity contribution < 1.29 is 9.53 Å². The van der Waals surface area contributed by atoms with Gasteiger partial charge in [0.15, 0.2) is 6.10 Å². The number of Topliss-reactive ketones (excluding diaryl/α,β-unsaturated/α-hetero) is 1. The first-order valence-corrected chi connectivity index (χ1v) is 6.86. The van der Waals surface area contributed by atoms with Crippen molar-refractivity contribution >= 4 is 21.7 Å². The maximum atomic E-state index is 12.2. The van der Waals surface area contributed by atoms with Crippen LogP contribution in [0, 0.1) is 11.3 Å². The molecular weight excluding hydrogens is 318 g/mol. The second-order valence-electron chi connectivity index (χ2n) is 4.27. The van der Waals surface area contributed by atoms with Crippen molar-refractivity contribution in [3.63, 3.8) is 0 Å². The van der Waals surface area contributed by atoms with Crippen molar-refractivity contribution in [1.29, 1.82) is 5.26 Å². The minimum atomic E-state index is -0.580. The average molecular weight is 330 g/mol. The number of halogens is 1. The van der Waals surface area contributed by atoms with Crippen LogP contribution in [0.15, 0.2) is 53.0 Å². The number of hydrogen-bond acceptors (Lipinski definition) is 3. The lowest BCUT2D eigenvalue weighted by Gasteiger charge is -2.13. The Morgan fingerprint density at radius 1 is 1.15 bits per heavy atom. The van der Waals surface area contributed by atoms with E-state index in [9.17, 15) is 4.79 Å². The molecule has 0 spiro atoms. The Bertz CT molecular complexity index is 642. The van der Waals surface area contributed by atoms with E-state index < -0.39 is 6.10 Å². The average Bonchev–Trinajstić information content (AvgIpc) is 2.48. The molecule has 0 saturated heterocycles. The van der Waals surface area contributed by atoms with Gasteiger partial charge in [0, 0.05) is 10.0 Å². The fraction of sp³-hybridized carbons (Fsp3) is 0.125. The summed E-state index contributed by atoms with van der Waals surface area (Å²) in [6.45, 7) is 1.71. The highest BCUT2D eigenvalue weighted by atomic mass is 79.9. The van der Waals surface area contributed by atoms with Crippen LogP contribution in [0.1, 0.15) is 22.8 Å². The highest BCUT2D eigenvalue weighted by Gasteiger charge is 2.16. The van der Waals surface area contributed by atoms with Gasteiger partial charge in [-0.15, -0.1) is 0 Å². The fourth-order valence-electron chi connectivity index (χ4n) is 1.71. The molecule has 2 aromatic rings. The van der Waals surface area contributed by atoms with E-state index in [1.165, 1.54) is 0 Å². The van der Waals surface area contributed by atoms with Gasteiger partial charge in [-0.1, -0.05) is 28.1 Å². The van der Waals surface area contributed by atoms with Gasteiger partial charge in [-0.05, 0) is 43.3 Å². The van der Waals surface area contributed by atoms with Crippen LogP contribution in [-0.2, 0) is 0 Å².